The molecule has 0 unspecified atom stereocenters. The van der Waals surface area contributed by atoms with Gasteiger partial charge >= 0.3 is 0 Å². The highest BCUT2D eigenvalue weighted by Crippen LogP contribution is 2.37. The fourth-order valence-corrected chi connectivity index (χ4v) is 5.48. The minimum absolute atomic E-state index is 0.0235. The zero-order chi connectivity index (χ0) is 23.5. The standard InChI is InChI=1S/C25H27N5O2S/c1-16(19-7-5-4-6-8-19)11-23(31)28-25-21(12-26)20-9-10-29(14-22(20)33-25)24(32)15-30-13-17(2)27-18(30)3/h4-8,13,16H,9-11,14-15H2,1-3H3,(H,28,31)/t16-/m0/s1. The summed E-state index contributed by atoms with van der Waals surface area (Å²) < 4.78 is 1.86. The number of imidazole rings is 1. The van der Waals surface area contributed by atoms with E-state index < -0.39 is 0 Å². The van der Waals surface area contributed by atoms with E-state index >= 15 is 0 Å². The highest BCUT2D eigenvalue weighted by atomic mass is 32.1. The van der Waals surface area contributed by atoms with E-state index in [1.807, 2.05) is 66.8 Å². The van der Waals surface area contributed by atoms with Gasteiger partial charge in [-0.15, -0.1) is 11.3 Å². The molecule has 0 aliphatic carbocycles. The third kappa shape index (κ3) is 4.99. The number of nitrogens with zero attached hydrogens (tertiary/aromatic N) is 4. The van der Waals surface area contributed by atoms with Crippen LogP contribution in [0.25, 0.3) is 0 Å². The van der Waals surface area contributed by atoms with Gasteiger partial charge in [0.05, 0.1) is 17.8 Å². The Bertz CT molecular complexity index is 1220. The number of carbonyl (C=O) groups is 2. The van der Waals surface area contributed by atoms with Gasteiger partial charge in [0.1, 0.15) is 23.4 Å². The summed E-state index contributed by atoms with van der Waals surface area (Å²) in [4.78, 5) is 32.7. The smallest absolute Gasteiger partial charge is 0.242 e. The summed E-state index contributed by atoms with van der Waals surface area (Å²) in [5.41, 5.74) is 3.48. The minimum atomic E-state index is -0.111. The van der Waals surface area contributed by atoms with E-state index in [1.54, 1.807) is 0 Å². The fraction of sp³-hybridized carbons (Fsp3) is 0.360. The molecule has 0 fully saturated rings. The van der Waals surface area contributed by atoms with E-state index in [-0.39, 0.29) is 24.3 Å². The van der Waals surface area contributed by atoms with Crippen LogP contribution in [0.1, 0.15) is 52.3 Å². The van der Waals surface area contributed by atoms with Crippen molar-refractivity contribution in [3.05, 3.63) is 69.6 Å². The summed E-state index contributed by atoms with van der Waals surface area (Å²) in [6.07, 6.45) is 2.83. The molecular weight excluding hydrogens is 434 g/mol. The normalized spacial score (nSPS) is 13.8. The molecule has 170 valence electrons. The first kappa shape index (κ1) is 22.7. The second-order valence-electron chi connectivity index (χ2n) is 8.51. The summed E-state index contributed by atoms with van der Waals surface area (Å²) >= 11 is 1.41. The van der Waals surface area contributed by atoms with E-state index in [9.17, 15) is 14.9 Å². The van der Waals surface area contributed by atoms with Gasteiger partial charge < -0.3 is 14.8 Å². The number of thiophene rings is 1. The Morgan fingerprint density at radius 2 is 2.03 bits per heavy atom. The van der Waals surface area contributed by atoms with Crippen molar-refractivity contribution < 1.29 is 9.59 Å². The molecule has 1 atom stereocenters. The molecule has 3 aromatic rings. The third-order valence-corrected chi connectivity index (χ3v) is 7.17. The zero-order valence-electron chi connectivity index (χ0n) is 19.1. The zero-order valence-corrected chi connectivity index (χ0v) is 19.9. The molecule has 4 rings (SSSR count). The van der Waals surface area contributed by atoms with Gasteiger partial charge in [-0.25, -0.2) is 4.98 Å². The lowest BCUT2D eigenvalue weighted by Gasteiger charge is -2.27. The molecule has 7 nitrogen and oxygen atoms in total. The summed E-state index contributed by atoms with van der Waals surface area (Å²) in [6.45, 7) is 7.08. The molecular formula is C25H27N5O2S. The van der Waals surface area contributed by atoms with E-state index in [0.717, 1.165) is 27.5 Å². The summed E-state index contributed by atoms with van der Waals surface area (Å²) in [5, 5.41) is 13.3. The SMILES string of the molecule is Cc1cn(CC(=O)N2CCc3c(sc(NC(=O)C[C@H](C)c4ccccc4)c3C#N)C2)c(C)n1. The topological polar surface area (TPSA) is 91.0 Å². The number of anilines is 1. The van der Waals surface area contributed by atoms with Crippen molar-refractivity contribution in [1.29, 1.82) is 5.26 Å². The number of nitrogens with one attached hydrogen (secondary N) is 1. The molecule has 1 aliphatic heterocycles. The van der Waals surface area contributed by atoms with Crippen molar-refractivity contribution in [3.8, 4) is 6.07 Å². The largest absolute Gasteiger partial charge is 0.336 e. The van der Waals surface area contributed by atoms with Crippen LogP contribution in [0.3, 0.4) is 0 Å². The Labute approximate surface area is 197 Å². The first-order chi connectivity index (χ1) is 15.9. The van der Waals surface area contributed by atoms with Crippen molar-refractivity contribution >= 4 is 28.2 Å². The second kappa shape index (κ2) is 9.59. The number of aromatic nitrogens is 2. The molecule has 3 heterocycles. The van der Waals surface area contributed by atoms with Crippen molar-refractivity contribution in [3.63, 3.8) is 0 Å². The number of aryl methyl sites for hydroxylation is 2. The lowest BCUT2D eigenvalue weighted by atomic mass is 9.97. The van der Waals surface area contributed by atoms with Crippen molar-refractivity contribution in [1.82, 2.24) is 14.5 Å². The number of benzene rings is 1. The molecule has 1 aromatic carbocycles. The van der Waals surface area contributed by atoms with Gasteiger partial charge in [-0.05, 0) is 37.3 Å². The monoisotopic (exact) mass is 461 g/mol. The Balaban J connectivity index is 1.44. The molecule has 0 radical (unpaired) electrons. The van der Waals surface area contributed by atoms with Gasteiger partial charge in [-0.2, -0.15) is 5.26 Å². The number of carbonyl (C=O) groups excluding carboxylic acids is 2. The number of rotatable bonds is 6. The average Bonchev–Trinajstić information content (AvgIpc) is 3.30. The highest BCUT2D eigenvalue weighted by Gasteiger charge is 2.28. The maximum atomic E-state index is 12.9. The summed E-state index contributed by atoms with van der Waals surface area (Å²) in [7, 11) is 0. The predicted octanol–water partition coefficient (Wildman–Crippen LogP) is 4.15. The molecule has 2 amide bonds. The number of nitriles is 1. The number of hydrogen-bond donors (Lipinski definition) is 1. The van der Waals surface area contributed by atoms with Gasteiger partial charge in [0, 0.05) is 24.0 Å². The molecule has 0 saturated carbocycles. The molecule has 2 aromatic heterocycles. The molecule has 0 spiro atoms. The second-order valence-corrected chi connectivity index (χ2v) is 9.61. The van der Waals surface area contributed by atoms with Gasteiger partial charge in [0.2, 0.25) is 11.8 Å². The number of fused-ring (bicyclic) bond motifs is 1. The van der Waals surface area contributed by atoms with Crippen molar-refractivity contribution in [2.75, 3.05) is 11.9 Å². The van der Waals surface area contributed by atoms with E-state index in [4.69, 9.17) is 0 Å². The first-order valence-electron chi connectivity index (χ1n) is 11.0. The quantitative estimate of drug-likeness (QED) is 0.597. The first-order valence-corrected chi connectivity index (χ1v) is 11.8. The van der Waals surface area contributed by atoms with Crippen LogP contribution in [0.4, 0.5) is 5.00 Å². The molecule has 8 heteroatoms. The van der Waals surface area contributed by atoms with E-state index in [0.29, 0.717) is 36.5 Å². The lowest BCUT2D eigenvalue weighted by molar-refractivity contribution is -0.132. The van der Waals surface area contributed by atoms with Crippen LogP contribution < -0.4 is 5.32 Å². The van der Waals surface area contributed by atoms with Gasteiger partial charge in [-0.1, -0.05) is 37.3 Å². The van der Waals surface area contributed by atoms with E-state index in [1.165, 1.54) is 11.3 Å². The van der Waals surface area contributed by atoms with Crippen LogP contribution >= 0.6 is 11.3 Å². The van der Waals surface area contributed by atoms with Gasteiger partial charge in [0.25, 0.3) is 0 Å². The molecule has 33 heavy (non-hydrogen) atoms. The van der Waals surface area contributed by atoms with Crippen molar-refractivity contribution in [2.45, 2.75) is 52.6 Å². The van der Waals surface area contributed by atoms with Gasteiger partial charge in [0.15, 0.2) is 0 Å². The molecule has 0 saturated heterocycles. The highest BCUT2D eigenvalue weighted by molar-refractivity contribution is 7.16. The summed E-state index contributed by atoms with van der Waals surface area (Å²) in [5.74, 6) is 0.807. The Kier molecular flexibility index (Phi) is 6.61. The van der Waals surface area contributed by atoms with E-state index in [2.05, 4.69) is 16.4 Å². The van der Waals surface area contributed by atoms with Crippen LogP contribution in [-0.2, 0) is 29.1 Å². The predicted molar refractivity (Wildman–Crippen MR) is 128 cm³/mol. The maximum absolute atomic E-state index is 12.9. The summed E-state index contributed by atoms with van der Waals surface area (Å²) in [6, 6.07) is 12.2. The third-order valence-electron chi connectivity index (χ3n) is 6.04. The van der Waals surface area contributed by atoms with Crippen LogP contribution in [0, 0.1) is 25.2 Å². The molecule has 1 N–H and O–H groups in total. The number of amides is 2. The van der Waals surface area contributed by atoms with Crippen LogP contribution in [0.5, 0.6) is 0 Å². The molecule has 0 bridgehead atoms. The minimum Gasteiger partial charge on any atom is -0.336 e. The maximum Gasteiger partial charge on any atom is 0.242 e. The van der Waals surface area contributed by atoms with Crippen LogP contribution in [0.2, 0.25) is 0 Å². The lowest BCUT2D eigenvalue weighted by Crippen LogP contribution is -2.37. The van der Waals surface area contributed by atoms with Crippen molar-refractivity contribution in [2.24, 2.45) is 0 Å². The molecule has 1 aliphatic rings. The average molecular weight is 462 g/mol. The fourth-order valence-electron chi connectivity index (χ4n) is 4.25. The Hall–Kier alpha value is -3.44. The van der Waals surface area contributed by atoms with Crippen LogP contribution in [-0.4, -0.2) is 32.8 Å². The Morgan fingerprint density at radius 3 is 2.70 bits per heavy atom. The Morgan fingerprint density at radius 1 is 1.27 bits per heavy atom. The number of hydrogen-bond acceptors (Lipinski definition) is 5. The van der Waals surface area contributed by atoms with Gasteiger partial charge in [-0.3, -0.25) is 9.59 Å². The van der Waals surface area contributed by atoms with Crippen LogP contribution in [0.15, 0.2) is 36.5 Å².